The van der Waals surface area contributed by atoms with E-state index in [0.29, 0.717) is 10.2 Å². The number of nitrogens with zero attached hydrogens (tertiary/aromatic N) is 4. The molecule has 4 rings (SSSR count). The SMILES string of the molecule is NS(=O)(=O)CCNC(=O)C(c1nc2ccc(-c3cnn(CCN4CCOCC4)c3)cc2s1)S(=O)(=O)CCCCF. The lowest BCUT2D eigenvalue weighted by molar-refractivity contribution is -0.120. The highest BCUT2D eigenvalue weighted by Crippen LogP contribution is 2.34. The Balaban J connectivity index is 1.54. The number of hydrogen-bond acceptors (Lipinski definition) is 10. The zero-order valence-electron chi connectivity index (χ0n) is 21.9. The Kier molecular flexibility index (Phi) is 10.2. The molecule has 3 N–H and O–H groups in total. The van der Waals surface area contributed by atoms with Gasteiger partial charge in [-0.1, -0.05) is 6.07 Å². The van der Waals surface area contributed by atoms with Crippen molar-refractivity contribution >= 4 is 47.3 Å². The van der Waals surface area contributed by atoms with E-state index >= 15 is 0 Å². The van der Waals surface area contributed by atoms with Gasteiger partial charge in [-0.05, 0) is 30.5 Å². The van der Waals surface area contributed by atoms with Crippen LogP contribution in [0.4, 0.5) is 4.39 Å². The van der Waals surface area contributed by atoms with Crippen LogP contribution in [0.2, 0.25) is 0 Å². The second-order valence-electron chi connectivity index (χ2n) is 9.48. The van der Waals surface area contributed by atoms with Crippen LogP contribution in [-0.2, 0) is 35.9 Å². The van der Waals surface area contributed by atoms with Gasteiger partial charge in [-0.3, -0.25) is 18.8 Å². The van der Waals surface area contributed by atoms with Crippen molar-refractivity contribution in [2.45, 2.75) is 24.6 Å². The quantitative estimate of drug-likeness (QED) is 0.252. The van der Waals surface area contributed by atoms with E-state index in [1.165, 1.54) is 0 Å². The fourth-order valence-corrected chi connectivity index (χ4v) is 7.86. The van der Waals surface area contributed by atoms with Gasteiger partial charge in [-0.25, -0.2) is 27.0 Å². The fraction of sp³-hybridized carbons (Fsp3) is 0.542. The van der Waals surface area contributed by atoms with Crippen LogP contribution in [-0.4, -0.2) is 100.0 Å². The minimum Gasteiger partial charge on any atom is -0.379 e. The van der Waals surface area contributed by atoms with Crippen LogP contribution in [0.15, 0.2) is 30.6 Å². The van der Waals surface area contributed by atoms with Gasteiger partial charge >= 0.3 is 0 Å². The second-order valence-corrected chi connectivity index (χ2v) is 14.5. The number of halogens is 1. The van der Waals surface area contributed by atoms with E-state index < -0.39 is 49.2 Å². The van der Waals surface area contributed by atoms with Crippen LogP contribution in [0.1, 0.15) is 23.1 Å². The van der Waals surface area contributed by atoms with Crippen LogP contribution in [0.3, 0.4) is 0 Å². The van der Waals surface area contributed by atoms with E-state index in [1.54, 1.807) is 12.3 Å². The number of hydrogen-bond donors (Lipinski definition) is 2. The van der Waals surface area contributed by atoms with E-state index in [4.69, 9.17) is 9.88 Å². The number of nitrogens with one attached hydrogen (secondary N) is 1. The van der Waals surface area contributed by atoms with Crippen LogP contribution < -0.4 is 10.5 Å². The minimum atomic E-state index is -4.07. The molecule has 16 heteroatoms. The van der Waals surface area contributed by atoms with Gasteiger partial charge in [0, 0.05) is 37.9 Å². The summed E-state index contributed by atoms with van der Waals surface area (Å²) in [7, 11) is -7.93. The molecule has 1 unspecified atom stereocenters. The second kappa shape index (κ2) is 13.4. The van der Waals surface area contributed by atoms with Gasteiger partial charge in [-0.2, -0.15) is 5.10 Å². The summed E-state index contributed by atoms with van der Waals surface area (Å²) in [6.45, 7) is 3.84. The summed E-state index contributed by atoms with van der Waals surface area (Å²) in [5, 5.41) is 10.2. The highest BCUT2D eigenvalue weighted by Gasteiger charge is 2.36. The first-order valence-corrected chi connectivity index (χ1v) is 17.1. The Bertz CT molecular complexity index is 1520. The van der Waals surface area contributed by atoms with Crippen LogP contribution in [0, 0.1) is 0 Å². The molecule has 0 bridgehead atoms. The third-order valence-corrected chi connectivity index (χ3v) is 10.5. The van der Waals surface area contributed by atoms with Crippen molar-refractivity contribution in [1.82, 2.24) is 25.0 Å². The number of benzene rings is 1. The van der Waals surface area contributed by atoms with Crippen LogP contribution in [0.25, 0.3) is 21.3 Å². The molecule has 1 saturated heterocycles. The zero-order chi connectivity index (χ0) is 28.8. The fourth-order valence-electron chi connectivity index (χ4n) is 4.29. The highest BCUT2D eigenvalue weighted by molar-refractivity contribution is 7.92. The minimum absolute atomic E-state index is 0.0440. The van der Waals surface area contributed by atoms with Gasteiger partial charge in [0.15, 0.2) is 15.1 Å². The number of sulfone groups is 1. The number of morpholine rings is 1. The molecule has 1 fully saturated rings. The number of nitrogens with two attached hydrogens (primary N) is 1. The number of sulfonamides is 1. The van der Waals surface area contributed by atoms with Crippen molar-refractivity contribution in [3.63, 3.8) is 0 Å². The lowest BCUT2D eigenvalue weighted by Gasteiger charge is -2.26. The molecule has 3 heterocycles. The summed E-state index contributed by atoms with van der Waals surface area (Å²) in [6.07, 6.45) is 3.80. The third-order valence-electron chi connectivity index (χ3n) is 6.44. The van der Waals surface area contributed by atoms with Gasteiger partial charge < -0.3 is 10.1 Å². The maximum absolute atomic E-state index is 13.2. The average Bonchev–Trinajstić information content (AvgIpc) is 3.54. The van der Waals surface area contributed by atoms with Crippen molar-refractivity contribution in [2.24, 2.45) is 5.14 Å². The summed E-state index contributed by atoms with van der Waals surface area (Å²) in [4.78, 5) is 19.8. The van der Waals surface area contributed by atoms with Crippen LogP contribution in [0.5, 0.6) is 0 Å². The lowest BCUT2D eigenvalue weighted by atomic mass is 10.1. The molecule has 40 heavy (non-hydrogen) atoms. The number of carbonyl (C=O) groups is 1. The number of alkyl halides is 1. The predicted octanol–water partition coefficient (Wildman–Crippen LogP) is 1.10. The maximum Gasteiger partial charge on any atom is 0.245 e. The number of rotatable bonds is 14. The zero-order valence-corrected chi connectivity index (χ0v) is 24.3. The van der Waals surface area contributed by atoms with Crippen molar-refractivity contribution in [2.75, 3.05) is 57.6 Å². The summed E-state index contributed by atoms with van der Waals surface area (Å²) in [5.74, 6) is -1.85. The Morgan fingerprint density at radius 1 is 1.12 bits per heavy atom. The van der Waals surface area contributed by atoms with E-state index in [0.717, 1.165) is 61.9 Å². The first-order valence-electron chi connectivity index (χ1n) is 12.8. The Morgan fingerprint density at radius 2 is 1.90 bits per heavy atom. The molecule has 1 aliphatic rings. The molecule has 1 atom stereocenters. The normalized spacial score (nSPS) is 15.8. The van der Waals surface area contributed by atoms with E-state index in [-0.39, 0.29) is 24.4 Å². The summed E-state index contributed by atoms with van der Waals surface area (Å²) >= 11 is 1.07. The first kappa shape index (κ1) is 30.5. The molecule has 0 saturated carbocycles. The predicted molar refractivity (Wildman–Crippen MR) is 151 cm³/mol. The molecule has 220 valence electrons. The molecule has 1 aliphatic heterocycles. The van der Waals surface area contributed by atoms with Crippen molar-refractivity contribution in [3.8, 4) is 11.1 Å². The molecule has 1 amide bonds. The van der Waals surface area contributed by atoms with Crippen molar-refractivity contribution in [1.29, 1.82) is 0 Å². The molecular weight excluding hydrogens is 583 g/mol. The van der Waals surface area contributed by atoms with Gasteiger partial charge in [0.05, 0.1) is 54.4 Å². The highest BCUT2D eigenvalue weighted by atomic mass is 32.2. The standard InChI is InChI=1S/C24H33FN6O6S3/c25-5-1-2-13-39(33,34)22(23(32)27-6-14-40(26,35)36)24-29-20-4-3-18(15-21(20)38-24)19-16-28-31(17-19)8-7-30-9-11-37-12-10-30/h3-4,15-17,22H,1-2,5-14H2,(H,27,32)(H2,26,35,36). The molecule has 3 aromatic rings. The number of ether oxygens (including phenoxy) is 1. The Labute approximate surface area is 236 Å². The summed E-state index contributed by atoms with van der Waals surface area (Å²) < 4.78 is 69.4. The topological polar surface area (TPSA) is 167 Å². The number of fused-ring (bicyclic) bond motifs is 1. The molecular formula is C24H33FN6O6S3. The maximum atomic E-state index is 13.2. The number of amides is 1. The number of aromatic nitrogens is 3. The van der Waals surface area contributed by atoms with E-state index in [9.17, 15) is 26.0 Å². The molecule has 2 aromatic heterocycles. The number of thiazole rings is 1. The van der Waals surface area contributed by atoms with E-state index in [1.807, 2.05) is 23.0 Å². The average molecular weight is 617 g/mol. The molecule has 1 aromatic carbocycles. The lowest BCUT2D eigenvalue weighted by Crippen LogP contribution is -2.38. The van der Waals surface area contributed by atoms with Gasteiger partial charge in [0.1, 0.15) is 5.01 Å². The Morgan fingerprint density at radius 3 is 2.62 bits per heavy atom. The molecule has 0 spiro atoms. The number of unbranched alkanes of at least 4 members (excludes halogenated alkanes) is 1. The van der Waals surface area contributed by atoms with Gasteiger partial charge in [-0.15, -0.1) is 11.3 Å². The van der Waals surface area contributed by atoms with Crippen LogP contribution >= 0.6 is 11.3 Å². The molecule has 0 aliphatic carbocycles. The van der Waals surface area contributed by atoms with Crippen molar-refractivity contribution < 1.29 is 30.8 Å². The summed E-state index contributed by atoms with van der Waals surface area (Å²) in [6, 6.07) is 5.47. The molecule has 0 radical (unpaired) electrons. The smallest absolute Gasteiger partial charge is 0.245 e. The monoisotopic (exact) mass is 616 g/mol. The number of primary sulfonamides is 1. The third kappa shape index (κ3) is 8.27. The molecule has 12 nitrogen and oxygen atoms in total. The first-order chi connectivity index (χ1) is 19.1. The van der Waals surface area contributed by atoms with Crippen molar-refractivity contribution in [3.05, 3.63) is 35.6 Å². The largest absolute Gasteiger partial charge is 0.379 e. The summed E-state index contributed by atoms with van der Waals surface area (Å²) in [5.41, 5.74) is 2.26. The van der Waals surface area contributed by atoms with Gasteiger partial charge in [0.25, 0.3) is 0 Å². The van der Waals surface area contributed by atoms with Gasteiger partial charge in [0.2, 0.25) is 15.9 Å². The number of carbonyl (C=O) groups excluding carboxylic acids is 1. The Hall–Kier alpha value is -2.50. The van der Waals surface area contributed by atoms with E-state index in [2.05, 4.69) is 20.3 Å².